The Morgan fingerprint density at radius 2 is 2.09 bits per heavy atom. The van der Waals surface area contributed by atoms with Crippen LogP contribution in [0.4, 0.5) is 5.69 Å². The number of carbonyl (C=O) groups is 2. The van der Waals surface area contributed by atoms with E-state index in [4.69, 9.17) is 0 Å². The van der Waals surface area contributed by atoms with Crippen molar-refractivity contribution in [3.05, 3.63) is 29.8 Å². The molecule has 0 spiro atoms. The zero-order chi connectivity index (χ0) is 16.2. The molecule has 0 radical (unpaired) electrons. The normalized spacial score (nSPS) is 22.8. The van der Waals surface area contributed by atoms with E-state index in [0.29, 0.717) is 13.0 Å². The lowest BCUT2D eigenvalue weighted by Crippen LogP contribution is -2.42. The van der Waals surface area contributed by atoms with E-state index in [9.17, 15) is 9.59 Å². The van der Waals surface area contributed by atoms with Gasteiger partial charge in [-0.15, -0.1) is 0 Å². The van der Waals surface area contributed by atoms with Crippen molar-refractivity contribution < 1.29 is 9.59 Å². The molecule has 1 aromatic rings. The van der Waals surface area contributed by atoms with Gasteiger partial charge in [-0.2, -0.15) is 0 Å². The maximum absolute atomic E-state index is 12.4. The molecule has 3 rings (SSSR count). The van der Waals surface area contributed by atoms with Gasteiger partial charge >= 0.3 is 0 Å². The Bertz CT molecular complexity index is 590. The number of benzene rings is 1. The second-order valence-corrected chi connectivity index (χ2v) is 6.39. The van der Waals surface area contributed by atoms with Gasteiger partial charge in [0.2, 0.25) is 11.8 Å². The van der Waals surface area contributed by atoms with E-state index in [1.54, 1.807) is 0 Å². The smallest absolute Gasteiger partial charge is 0.234 e. The van der Waals surface area contributed by atoms with E-state index >= 15 is 0 Å². The fourth-order valence-electron chi connectivity index (χ4n) is 3.24. The van der Waals surface area contributed by atoms with E-state index in [1.807, 2.05) is 24.3 Å². The quantitative estimate of drug-likeness (QED) is 0.867. The lowest BCUT2D eigenvalue weighted by Gasteiger charge is -2.27. The molecule has 2 heterocycles. The molecule has 1 saturated heterocycles. The number of amides is 2. The van der Waals surface area contributed by atoms with Crippen LogP contribution in [-0.4, -0.2) is 61.4 Å². The van der Waals surface area contributed by atoms with Crippen molar-refractivity contribution in [2.75, 3.05) is 45.1 Å². The summed E-state index contributed by atoms with van der Waals surface area (Å²) in [7, 11) is 2.11. The highest BCUT2D eigenvalue weighted by molar-refractivity contribution is 5.95. The summed E-state index contributed by atoms with van der Waals surface area (Å²) in [5, 5.41) is 5.88. The van der Waals surface area contributed by atoms with Crippen molar-refractivity contribution in [1.29, 1.82) is 0 Å². The fourth-order valence-corrected chi connectivity index (χ4v) is 3.24. The molecule has 1 atom stereocenters. The van der Waals surface area contributed by atoms with Gasteiger partial charge in [-0.3, -0.25) is 14.5 Å². The predicted octanol–water partition coefficient (Wildman–Crippen LogP) is 0.824. The largest absolute Gasteiger partial charge is 0.348 e. The molecule has 2 aliphatic rings. The van der Waals surface area contributed by atoms with Crippen molar-refractivity contribution in [3.8, 4) is 0 Å². The highest BCUT2D eigenvalue weighted by Gasteiger charge is 2.26. The number of hydrogen-bond donors (Lipinski definition) is 2. The summed E-state index contributed by atoms with van der Waals surface area (Å²) in [6, 6.07) is 7.41. The van der Waals surface area contributed by atoms with Gasteiger partial charge in [-0.25, -0.2) is 0 Å². The van der Waals surface area contributed by atoms with Crippen LogP contribution in [0.25, 0.3) is 0 Å². The fraction of sp³-hybridized carbons (Fsp3) is 0.529. The molecule has 2 amide bonds. The van der Waals surface area contributed by atoms with Crippen molar-refractivity contribution in [2.24, 2.45) is 0 Å². The van der Waals surface area contributed by atoms with Crippen molar-refractivity contribution in [2.45, 2.75) is 18.9 Å². The van der Waals surface area contributed by atoms with Gasteiger partial charge in [-0.1, -0.05) is 18.2 Å². The average molecular weight is 316 g/mol. The van der Waals surface area contributed by atoms with E-state index in [1.165, 1.54) is 0 Å². The minimum atomic E-state index is -0.234. The Morgan fingerprint density at radius 3 is 2.96 bits per heavy atom. The number of hydrogen-bond acceptors (Lipinski definition) is 4. The van der Waals surface area contributed by atoms with E-state index in [2.05, 4.69) is 27.5 Å². The number of fused-ring (bicyclic) bond motifs is 1. The molecule has 6 heteroatoms. The van der Waals surface area contributed by atoms with Crippen LogP contribution < -0.4 is 10.6 Å². The summed E-state index contributed by atoms with van der Waals surface area (Å²) < 4.78 is 0. The van der Waals surface area contributed by atoms with Crippen LogP contribution >= 0.6 is 0 Å². The molecule has 1 aromatic carbocycles. The third-order valence-electron chi connectivity index (χ3n) is 4.51. The number of nitrogens with zero attached hydrogens (tertiary/aromatic N) is 2. The minimum absolute atomic E-state index is 0.0101. The third kappa shape index (κ3) is 4.09. The summed E-state index contributed by atoms with van der Waals surface area (Å²) in [6.07, 6.45) is 1.38. The van der Waals surface area contributed by atoms with Gasteiger partial charge in [0, 0.05) is 18.8 Å². The van der Waals surface area contributed by atoms with Crippen LogP contribution in [0.15, 0.2) is 24.3 Å². The highest BCUT2D eigenvalue weighted by Crippen LogP contribution is 2.29. The van der Waals surface area contributed by atoms with Gasteiger partial charge < -0.3 is 15.5 Å². The number of nitrogens with one attached hydrogen (secondary N) is 2. The van der Waals surface area contributed by atoms with E-state index < -0.39 is 0 Å². The Morgan fingerprint density at radius 1 is 1.26 bits per heavy atom. The van der Waals surface area contributed by atoms with Crippen LogP contribution in [0.1, 0.15) is 24.4 Å². The first-order chi connectivity index (χ1) is 11.1. The van der Waals surface area contributed by atoms with Gasteiger partial charge in [0.1, 0.15) is 0 Å². The van der Waals surface area contributed by atoms with Gasteiger partial charge in [0.15, 0.2) is 0 Å². The summed E-state index contributed by atoms with van der Waals surface area (Å²) >= 11 is 0. The van der Waals surface area contributed by atoms with Gasteiger partial charge in [0.05, 0.1) is 19.0 Å². The Balaban J connectivity index is 1.60. The Labute approximate surface area is 136 Å². The SMILES string of the molecule is CN1CCCN(CC(=O)NC2CC(=O)Nc3ccccc32)CC1. The molecule has 1 unspecified atom stereocenters. The first-order valence-corrected chi connectivity index (χ1v) is 8.21. The van der Waals surface area contributed by atoms with Gasteiger partial charge in [-0.05, 0) is 38.2 Å². The molecule has 2 aliphatic heterocycles. The predicted molar refractivity (Wildman–Crippen MR) is 89.1 cm³/mol. The maximum atomic E-state index is 12.4. The number of anilines is 1. The van der Waals surface area contributed by atoms with Crippen molar-refractivity contribution in [1.82, 2.24) is 15.1 Å². The Hall–Kier alpha value is -1.92. The Kier molecular flexibility index (Phi) is 4.93. The first kappa shape index (κ1) is 16.0. The van der Waals surface area contributed by atoms with E-state index in [0.717, 1.165) is 43.9 Å². The number of rotatable bonds is 3. The topological polar surface area (TPSA) is 64.7 Å². The van der Waals surface area contributed by atoms with Crippen LogP contribution in [0, 0.1) is 0 Å². The summed E-state index contributed by atoms with van der Waals surface area (Å²) in [5.41, 5.74) is 1.78. The standard InChI is InChI=1S/C17H24N4O2/c1-20-7-4-8-21(10-9-20)12-17(23)19-15-11-16(22)18-14-6-3-2-5-13(14)15/h2-3,5-6,15H,4,7-12H2,1H3,(H,18,22)(H,19,23). The van der Waals surface area contributed by atoms with Crippen molar-refractivity contribution >= 4 is 17.5 Å². The maximum Gasteiger partial charge on any atom is 0.234 e. The molecule has 23 heavy (non-hydrogen) atoms. The number of likely N-dealkylation sites (N-methyl/N-ethyl adjacent to an activating group) is 1. The second kappa shape index (κ2) is 7.10. The lowest BCUT2D eigenvalue weighted by molar-refractivity contribution is -0.123. The number of para-hydroxylation sites is 1. The zero-order valence-corrected chi connectivity index (χ0v) is 13.5. The summed E-state index contributed by atoms with van der Waals surface area (Å²) in [6.45, 7) is 4.32. The van der Waals surface area contributed by atoms with Crippen molar-refractivity contribution in [3.63, 3.8) is 0 Å². The molecule has 6 nitrogen and oxygen atoms in total. The first-order valence-electron chi connectivity index (χ1n) is 8.21. The van der Waals surface area contributed by atoms with Gasteiger partial charge in [0.25, 0.3) is 0 Å². The number of carbonyl (C=O) groups excluding carboxylic acids is 2. The molecule has 0 aliphatic carbocycles. The average Bonchev–Trinajstić information content (AvgIpc) is 2.71. The summed E-state index contributed by atoms with van der Waals surface area (Å²) in [4.78, 5) is 28.7. The molecular formula is C17H24N4O2. The molecular weight excluding hydrogens is 292 g/mol. The molecule has 1 fully saturated rings. The zero-order valence-electron chi connectivity index (χ0n) is 13.5. The molecule has 0 aromatic heterocycles. The lowest BCUT2D eigenvalue weighted by atomic mass is 9.97. The van der Waals surface area contributed by atoms with E-state index in [-0.39, 0.29) is 17.9 Å². The van der Waals surface area contributed by atoms with Crippen LogP contribution in [0.5, 0.6) is 0 Å². The van der Waals surface area contributed by atoms with Crippen LogP contribution in [0.2, 0.25) is 0 Å². The third-order valence-corrected chi connectivity index (χ3v) is 4.51. The highest BCUT2D eigenvalue weighted by atomic mass is 16.2. The monoisotopic (exact) mass is 316 g/mol. The summed E-state index contributed by atoms with van der Waals surface area (Å²) in [5.74, 6) is -0.0607. The second-order valence-electron chi connectivity index (χ2n) is 6.39. The minimum Gasteiger partial charge on any atom is -0.348 e. The van der Waals surface area contributed by atoms with Crippen LogP contribution in [0.3, 0.4) is 0 Å². The van der Waals surface area contributed by atoms with Crippen LogP contribution in [-0.2, 0) is 9.59 Å². The molecule has 0 bridgehead atoms. The molecule has 124 valence electrons. The molecule has 0 saturated carbocycles. The molecule has 2 N–H and O–H groups in total.